The third-order valence-electron chi connectivity index (χ3n) is 4.51. The molecule has 1 aromatic carbocycles. The van der Waals surface area contributed by atoms with Crippen LogP contribution >= 0.6 is 23.1 Å². The number of halogens is 1. The smallest absolute Gasteiger partial charge is 0.233 e. The molecule has 156 valence electrons. The molecular formula is C22H17FN4O2S2. The molecule has 31 heavy (non-hydrogen) atoms. The zero-order chi connectivity index (χ0) is 21.6. The summed E-state index contributed by atoms with van der Waals surface area (Å²) in [5.41, 5.74) is 1.68. The molecule has 0 saturated carbocycles. The first-order valence-electron chi connectivity index (χ1n) is 9.44. The minimum Gasteiger partial charge on any atom is -0.467 e. The van der Waals surface area contributed by atoms with E-state index in [4.69, 9.17) is 9.68 Å². The van der Waals surface area contributed by atoms with Gasteiger partial charge in [-0.3, -0.25) is 4.79 Å². The fraction of sp³-hybridized carbons (Fsp3) is 0.182. The minimum absolute atomic E-state index is 0.0984. The number of thiophene rings is 1. The van der Waals surface area contributed by atoms with E-state index in [2.05, 4.69) is 16.0 Å². The van der Waals surface area contributed by atoms with Crippen LogP contribution in [0, 0.1) is 17.1 Å². The van der Waals surface area contributed by atoms with E-state index >= 15 is 0 Å². The Bertz CT molecular complexity index is 1220. The molecule has 0 saturated heterocycles. The van der Waals surface area contributed by atoms with Crippen molar-refractivity contribution < 1.29 is 13.6 Å². The van der Waals surface area contributed by atoms with E-state index < -0.39 is 0 Å². The first kappa shape index (κ1) is 21.0. The molecule has 3 aromatic heterocycles. The average molecular weight is 453 g/mol. The van der Waals surface area contributed by atoms with E-state index in [0.717, 1.165) is 25.7 Å². The van der Waals surface area contributed by atoms with Gasteiger partial charge in [0.05, 0.1) is 41.3 Å². The van der Waals surface area contributed by atoms with Crippen molar-refractivity contribution in [1.82, 2.24) is 14.9 Å². The fourth-order valence-corrected chi connectivity index (χ4v) is 5.08. The van der Waals surface area contributed by atoms with Gasteiger partial charge in [-0.05, 0) is 35.9 Å². The highest BCUT2D eigenvalue weighted by atomic mass is 32.2. The van der Waals surface area contributed by atoms with Crippen molar-refractivity contribution in [2.24, 2.45) is 0 Å². The van der Waals surface area contributed by atoms with Gasteiger partial charge in [-0.2, -0.15) is 5.26 Å². The van der Waals surface area contributed by atoms with Gasteiger partial charge in [0.2, 0.25) is 5.91 Å². The van der Waals surface area contributed by atoms with Crippen LogP contribution in [0.15, 0.2) is 64.5 Å². The number of nitriles is 1. The number of thioether (sulfide) groups is 1. The summed E-state index contributed by atoms with van der Waals surface area (Å²) < 4.78 is 19.5. The van der Waals surface area contributed by atoms with Crippen LogP contribution in [-0.4, -0.2) is 33.1 Å². The second kappa shape index (κ2) is 9.73. The first-order chi connectivity index (χ1) is 15.1. The molecule has 0 N–H and O–H groups in total. The summed E-state index contributed by atoms with van der Waals surface area (Å²) in [5.74, 6) is 0.471. The molecule has 0 unspecified atom stereocenters. The van der Waals surface area contributed by atoms with Crippen LogP contribution in [0.4, 0.5) is 4.39 Å². The molecule has 0 aliphatic heterocycles. The molecule has 0 bridgehead atoms. The third kappa shape index (κ3) is 5.10. The van der Waals surface area contributed by atoms with Crippen LogP contribution < -0.4 is 0 Å². The van der Waals surface area contributed by atoms with Crippen molar-refractivity contribution in [1.29, 1.82) is 5.26 Å². The lowest BCUT2D eigenvalue weighted by Gasteiger charge is -2.20. The standard InChI is InChI=1S/C22H17FN4O2S2/c23-16-6-4-15(5-7-16)19-11-18-21(31-19)22(26-14-25-18)30-13-20(28)27(9-2-8-24)12-17-3-1-10-29-17/h1,3-7,10-11,14H,2,9,12-13H2. The predicted molar refractivity (Wildman–Crippen MR) is 118 cm³/mol. The van der Waals surface area contributed by atoms with Gasteiger partial charge in [0, 0.05) is 11.4 Å². The van der Waals surface area contributed by atoms with E-state index in [9.17, 15) is 9.18 Å². The number of carbonyl (C=O) groups is 1. The van der Waals surface area contributed by atoms with Gasteiger partial charge in [-0.25, -0.2) is 14.4 Å². The number of amides is 1. The average Bonchev–Trinajstić information content (AvgIpc) is 3.45. The molecule has 3 heterocycles. The molecule has 9 heteroatoms. The van der Waals surface area contributed by atoms with Crippen LogP contribution in [0.1, 0.15) is 12.2 Å². The summed E-state index contributed by atoms with van der Waals surface area (Å²) in [6, 6.07) is 13.9. The SMILES string of the molecule is N#CCCN(Cc1ccco1)C(=O)CSc1ncnc2cc(-c3ccc(F)cc3)sc12. The lowest BCUT2D eigenvalue weighted by molar-refractivity contribution is -0.129. The summed E-state index contributed by atoms with van der Waals surface area (Å²) in [5, 5.41) is 9.63. The largest absolute Gasteiger partial charge is 0.467 e. The van der Waals surface area contributed by atoms with Gasteiger partial charge in [-0.15, -0.1) is 11.3 Å². The maximum Gasteiger partial charge on any atom is 0.233 e. The summed E-state index contributed by atoms with van der Waals surface area (Å²) in [6.45, 7) is 0.657. The molecule has 4 rings (SSSR count). The molecule has 0 aliphatic carbocycles. The highest BCUT2D eigenvalue weighted by Gasteiger charge is 2.18. The summed E-state index contributed by atoms with van der Waals surface area (Å²) >= 11 is 2.85. The normalized spacial score (nSPS) is 10.8. The minimum atomic E-state index is -0.282. The topological polar surface area (TPSA) is 83.0 Å². The Morgan fingerprint density at radius 3 is 2.84 bits per heavy atom. The number of hydrogen-bond donors (Lipinski definition) is 0. The van der Waals surface area contributed by atoms with Crippen LogP contribution in [0.5, 0.6) is 0 Å². The monoisotopic (exact) mass is 452 g/mol. The van der Waals surface area contributed by atoms with E-state index in [1.54, 1.807) is 35.4 Å². The van der Waals surface area contributed by atoms with Crippen molar-refractivity contribution in [3.8, 4) is 16.5 Å². The quantitative estimate of drug-likeness (QED) is 0.272. The van der Waals surface area contributed by atoms with Gasteiger partial charge in [0.25, 0.3) is 0 Å². The van der Waals surface area contributed by atoms with Crippen LogP contribution in [-0.2, 0) is 11.3 Å². The molecule has 6 nitrogen and oxygen atoms in total. The number of rotatable bonds is 8. The maximum absolute atomic E-state index is 13.2. The van der Waals surface area contributed by atoms with Crippen molar-refractivity contribution in [2.75, 3.05) is 12.3 Å². The van der Waals surface area contributed by atoms with Crippen molar-refractivity contribution in [3.63, 3.8) is 0 Å². The molecule has 0 fully saturated rings. The highest BCUT2D eigenvalue weighted by molar-refractivity contribution is 8.00. The van der Waals surface area contributed by atoms with Crippen molar-refractivity contribution >= 4 is 39.2 Å². The molecule has 0 radical (unpaired) electrons. The predicted octanol–water partition coefficient (Wildman–Crippen LogP) is 5.12. The molecule has 0 aliphatic rings. The summed E-state index contributed by atoms with van der Waals surface area (Å²) in [4.78, 5) is 24.1. The molecule has 1 amide bonds. The Balaban J connectivity index is 1.50. The van der Waals surface area contributed by atoms with Gasteiger partial charge in [0.1, 0.15) is 22.9 Å². The lowest BCUT2D eigenvalue weighted by atomic mass is 10.2. The zero-order valence-corrected chi connectivity index (χ0v) is 18.0. The third-order valence-corrected chi connectivity index (χ3v) is 6.80. The number of fused-ring (bicyclic) bond motifs is 1. The zero-order valence-electron chi connectivity index (χ0n) is 16.3. The maximum atomic E-state index is 13.2. The highest BCUT2D eigenvalue weighted by Crippen LogP contribution is 2.37. The van der Waals surface area contributed by atoms with Crippen LogP contribution in [0.2, 0.25) is 0 Å². The number of benzene rings is 1. The Labute approximate surface area is 186 Å². The number of nitrogens with zero attached hydrogens (tertiary/aromatic N) is 4. The van der Waals surface area contributed by atoms with Gasteiger partial charge in [0.15, 0.2) is 0 Å². The number of hydrogen-bond acceptors (Lipinski definition) is 7. The first-order valence-corrected chi connectivity index (χ1v) is 11.2. The second-order valence-electron chi connectivity index (χ2n) is 6.60. The van der Waals surface area contributed by atoms with E-state index in [0.29, 0.717) is 18.8 Å². The van der Waals surface area contributed by atoms with E-state index in [-0.39, 0.29) is 23.9 Å². The number of furan rings is 1. The lowest BCUT2D eigenvalue weighted by Crippen LogP contribution is -2.32. The molecule has 0 spiro atoms. The van der Waals surface area contributed by atoms with Gasteiger partial charge < -0.3 is 9.32 Å². The fourth-order valence-electron chi connectivity index (χ4n) is 2.98. The van der Waals surface area contributed by atoms with E-state index in [1.807, 2.05) is 6.07 Å². The van der Waals surface area contributed by atoms with Crippen LogP contribution in [0.25, 0.3) is 20.7 Å². The van der Waals surface area contributed by atoms with Crippen LogP contribution in [0.3, 0.4) is 0 Å². The van der Waals surface area contributed by atoms with E-state index in [1.165, 1.54) is 41.6 Å². The van der Waals surface area contributed by atoms with Crippen molar-refractivity contribution in [3.05, 3.63) is 66.6 Å². The molecule has 0 atom stereocenters. The van der Waals surface area contributed by atoms with Gasteiger partial charge in [-0.1, -0.05) is 23.9 Å². The second-order valence-corrected chi connectivity index (χ2v) is 8.62. The van der Waals surface area contributed by atoms with Gasteiger partial charge >= 0.3 is 0 Å². The molecular weight excluding hydrogens is 435 g/mol. The molecule has 4 aromatic rings. The number of aromatic nitrogens is 2. The Morgan fingerprint density at radius 1 is 1.26 bits per heavy atom. The summed E-state index contributed by atoms with van der Waals surface area (Å²) in [6.07, 6.45) is 3.29. The summed E-state index contributed by atoms with van der Waals surface area (Å²) in [7, 11) is 0. The van der Waals surface area contributed by atoms with Crippen molar-refractivity contribution in [2.45, 2.75) is 18.0 Å². The Morgan fingerprint density at radius 2 is 2.10 bits per heavy atom. The number of carbonyl (C=O) groups excluding carboxylic acids is 1. The Hall–Kier alpha value is -3.22. The Kier molecular flexibility index (Phi) is 6.60.